The minimum Gasteiger partial charge on any atom is -0.393 e. The van der Waals surface area contributed by atoms with Crippen molar-refractivity contribution < 1.29 is 5.11 Å². The lowest BCUT2D eigenvalue weighted by Gasteiger charge is -2.08. The van der Waals surface area contributed by atoms with Crippen LogP contribution >= 0.6 is 15.9 Å². The van der Waals surface area contributed by atoms with Crippen molar-refractivity contribution in [2.24, 2.45) is 7.05 Å². The first-order valence-electron chi connectivity index (χ1n) is 5.45. The number of H-pyrrole nitrogens is 1. The van der Waals surface area contributed by atoms with Gasteiger partial charge in [0.2, 0.25) is 0 Å². The number of imidazole rings is 1. The molecule has 0 bridgehead atoms. The predicted octanol–water partition coefficient (Wildman–Crippen LogP) is -0.0433. The third-order valence-electron chi connectivity index (χ3n) is 2.72. The maximum absolute atomic E-state index is 12.1. The third kappa shape index (κ3) is 2.13. The van der Waals surface area contributed by atoms with E-state index in [1.54, 1.807) is 14.0 Å². The molecule has 0 radical (unpaired) electrons. The van der Waals surface area contributed by atoms with Gasteiger partial charge in [-0.2, -0.15) is 0 Å². The van der Waals surface area contributed by atoms with Crippen molar-refractivity contribution in [3.05, 3.63) is 25.6 Å². The smallest absolute Gasteiger partial charge is 0.332 e. The zero-order valence-electron chi connectivity index (χ0n) is 9.97. The second kappa shape index (κ2) is 4.69. The van der Waals surface area contributed by atoms with Gasteiger partial charge in [-0.1, -0.05) is 0 Å². The van der Waals surface area contributed by atoms with Crippen LogP contribution in [0.3, 0.4) is 0 Å². The van der Waals surface area contributed by atoms with Gasteiger partial charge in [0.1, 0.15) is 0 Å². The van der Waals surface area contributed by atoms with Crippen LogP contribution in [0, 0.1) is 0 Å². The highest BCUT2D eigenvalue weighted by Crippen LogP contribution is 2.09. The molecule has 0 saturated heterocycles. The van der Waals surface area contributed by atoms with Crippen molar-refractivity contribution in [1.29, 1.82) is 0 Å². The maximum atomic E-state index is 12.1. The molecule has 0 spiro atoms. The quantitative estimate of drug-likeness (QED) is 0.777. The number of aromatic amines is 1. The lowest BCUT2D eigenvalue weighted by atomic mass is 10.3. The summed E-state index contributed by atoms with van der Waals surface area (Å²) in [5.41, 5.74) is -0.279. The van der Waals surface area contributed by atoms with Crippen LogP contribution in [-0.2, 0) is 13.6 Å². The number of aliphatic hydroxyl groups excluding tert-OH is 1. The summed E-state index contributed by atoms with van der Waals surface area (Å²) in [6.45, 7) is 1.79. The highest BCUT2D eigenvalue weighted by Gasteiger charge is 2.14. The van der Waals surface area contributed by atoms with Crippen molar-refractivity contribution in [2.45, 2.75) is 26.0 Å². The van der Waals surface area contributed by atoms with Gasteiger partial charge < -0.3 is 10.1 Å². The summed E-state index contributed by atoms with van der Waals surface area (Å²) in [6, 6.07) is 0. The zero-order chi connectivity index (χ0) is 13.4. The van der Waals surface area contributed by atoms with Crippen LogP contribution < -0.4 is 11.2 Å². The van der Waals surface area contributed by atoms with Crippen LogP contribution in [0.5, 0.6) is 0 Å². The molecule has 2 heterocycles. The Bertz CT molecular complexity index is 697. The molecular weight excluding hydrogens is 304 g/mol. The van der Waals surface area contributed by atoms with Crippen molar-refractivity contribution in [1.82, 2.24) is 19.1 Å². The van der Waals surface area contributed by atoms with Gasteiger partial charge in [0.05, 0.1) is 6.10 Å². The molecule has 18 heavy (non-hydrogen) atoms. The monoisotopic (exact) mass is 316 g/mol. The van der Waals surface area contributed by atoms with E-state index in [9.17, 15) is 14.7 Å². The van der Waals surface area contributed by atoms with E-state index >= 15 is 0 Å². The van der Waals surface area contributed by atoms with Gasteiger partial charge >= 0.3 is 5.69 Å². The number of halogens is 1. The van der Waals surface area contributed by atoms with E-state index in [4.69, 9.17) is 0 Å². The fourth-order valence-electron chi connectivity index (χ4n) is 1.73. The largest absolute Gasteiger partial charge is 0.393 e. The predicted molar refractivity (Wildman–Crippen MR) is 69.6 cm³/mol. The molecule has 2 N–H and O–H groups in total. The Hall–Kier alpha value is -1.41. The molecule has 2 aromatic rings. The van der Waals surface area contributed by atoms with Gasteiger partial charge in [0, 0.05) is 13.6 Å². The van der Waals surface area contributed by atoms with Crippen LogP contribution in [-0.4, -0.2) is 30.3 Å². The van der Waals surface area contributed by atoms with E-state index in [0.717, 1.165) is 4.57 Å². The molecule has 98 valence electrons. The minimum absolute atomic E-state index is 0.176. The standard InChI is InChI=1S/C10H13BrN4O3/c1-5(16)3-4-15-8(17)6-7(13-9(11)12-6)14(2)10(15)18/h5,16H,3-4H2,1-2H3,(H,12,13). The molecule has 2 aromatic heterocycles. The van der Waals surface area contributed by atoms with Crippen molar-refractivity contribution >= 4 is 27.1 Å². The zero-order valence-corrected chi connectivity index (χ0v) is 11.6. The van der Waals surface area contributed by atoms with Gasteiger partial charge in [0.15, 0.2) is 15.9 Å². The molecule has 7 nitrogen and oxygen atoms in total. The Morgan fingerprint density at radius 3 is 2.78 bits per heavy atom. The average molecular weight is 317 g/mol. The number of hydrogen-bond acceptors (Lipinski definition) is 4. The molecule has 0 aromatic carbocycles. The summed E-state index contributed by atoms with van der Waals surface area (Å²) >= 11 is 3.13. The number of hydrogen-bond donors (Lipinski definition) is 2. The number of aryl methyl sites for hydroxylation is 1. The molecule has 8 heteroatoms. The molecule has 0 aliphatic rings. The molecule has 0 fully saturated rings. The Balaban J connectivity index is 2.67. The van der Waals surface area contributed by atoms with Crippen LogP contribution in [0.15, 0.2) is 14.3 Å². The Morgan fingerprint density at radius 2 is 2.17 bits per heavy atom. The van der Waals surface area contributed by atoms with Crippen molar-refractivity contribution in [3.63, 3.8) is 0 Å². The van der Waals surface area contributed by atoms with Crippen molar-refractivity contribution in [2.75, 3.05) is 0 Å². The van der Waals surface area contributed by atoms with Crippen molar-refractivity contribution in [3.8, 4) is 0 Å². The summed E-state index contributed by atoms with van der Waals surface area (Å²) in [5.74, 6) is 0. The van der Waals surface area contributed by atoms with E-state index in [2.05, 4.69) is 25.9 Å². The number of rotatable bonds is 3. The number of nitrogens with one attached hydrogen (secondary N) is 1. The summed E-state index contributed by atoms with van der Waals surface area (Å²) in [7, 11) is 1.55. The normalized spacial score (nSPS) is 13.1. The van der Waals surface area contributed by atoms with E-state index in [1.165, 1.54) is 4.57 Å². The number of aromatic nitrogens is 4. The lowest BCUT2D eigenvalue weighted by molar-refractivity contribution is 0.177. The molecule has 2 rings (SSSR count). The highest BCUT2D eigenvalue weighted by molar-refractivity contribution is 9.10. The molecule has 0 aliphatic heterocycles. The van der Waals surface area contributed by atoms with E-state index in [0.29, 0.717) is 16.8 Å². The van der Waals surface area contributed by atoms with E-state index in [-0.39, 0.29) is 12.1 Å². The molecule has 0 amide bonds. The van der Waals surface area contributed by atoms with Gasteiger partial charge in [-0.3, -0.25) is 13.9 Å². The third-order valence-corrected chi connectivity index (χ3v) is 3.10. The van der Waals surface area contributed by atoms with Crippen LogP contribution in [0.2, 0.25) is 0 Å². The van der Waals surface area contributed by atoms with Crippen LogP contribution in [0.4, 0.5) is 0 Å². The fourth-order valence-corrected chi connectivity index (χ4v) is 2.10. The Labute approximate surface area is 110 Å². The summed E-state index contributed by atoms with van der Waals surface area (Å²) in [5, 5.41) is 9.23. The summed E-state index contributed by atoms with van der Waals surface area (Å²) < 4.78 is 2.80. The molecule has 1 unspecified atom stereocenters. The van der Waals surface area contributed by atoms with Gasteiger partial charge in [-0.25, -0.2) is 9.78 Å². The number of fused-ring (bicyclic) bond motifs is 1. The topological polar surface area (TPSA) is 92.9 Å². The minimum atomic E-state index is -0.564. The van der Waals surface area contributed by atoms with E-state index in [1.807, 2.05) is 0 Å². The highest BCUT2D eigenvalue weighted by atomic mass is 79.9. The first-order chi connectivity index (χ1) is 8.41. The van der Waals surface area contributed by atoms with E-state index < -0.39 is 17.4 Å². The SMILES string of the molecule is CC(O)CCn1c(=O)c2[nH]c(Br)nc2n(C)c1=O. The van der Waals surface area contributed by atoms with Crippen LogP contribution in [0.1, 0.15) is 13.3 Å². The maximum Gasteiger partial charge on any atom is 0.332 e. The molecule has 0 aliphatic carbocycles. The number of aliphatic hydroxyl groups is 1. The first kappa shape index (κ1) is 13.0. The number of nitrogens with zero attached hydrogens (tertiary/aromatic N) is 3. The van der Waals surface area contributed by atoms with Gasteiger partial charge in [0.25, 0.3) is 5.56 Å². The van der Waals surface area contributed by atoms with Gasteiger partial charge in [-0.05, 0) is 29.3 Å². The summed E-state index contributed by atoms with van der Waals surface area (Å²) in [4.78, 5) is 30.9. The lowest BCUT2D eigenvalue weighted by Crippen LogP contribution is -2.39. The fraction of sp³-hybridized carbons (Fsp3) is 0.500. The second-order valence-corrected chi connectivity index (χ2v) is 4.91. The van der Waals surface area contributed by atoms with Gasteiger partial charge in [-0.15, -0.1) is 0 Å². The molecule has 1 atom stereocenters. The molecule has 0 saturated carbocycles. The summed E-state index contributed by atoms with van der Waals surface area (Å²) in [6.07, 6.45) is -0.221. The Morgan fingerprint density at radius 1 is 1.50 bits per heavy atom. The second-order valence-electron chi connectivity index (χ2n) is 4.16. The Kier molecular flexibility index (Phi) is 3.40. The molecular formula is C10H13BrN4O3. The first-order valence-corrected chi connectivity index (χ1v) is 6.24. The van der Waals surface area contributed by atoms with Crippen LogP contribution in [0.25, 0.3) is 11.2 Å². The average Bonchev–Trinajstić information content (AvgIpc) is 2.68.